The second kappa shape index (κ2) is 7.41. The number of nitrogens with one attached hydrogen (secondary N) is 2. The fraction of sp³-hybridized carbons (Fsp3) is 0.417. The minimum Gasteiger partial charge on any atom is -0.394 e. The summed E-state index contributed by atoms with van der Waals surface area (Å²) in [7, 11) is 0. The third-order valence-electron chi connectivity index (χ3n) is 2.68. The normalized spacial score (nSPS) is 13.3. The molecule has 4 N–H and O–H groups in total. The molecule has 8 nitrogen and oxygen atoms in total. The minimum atomic E-state index is -1.16. The van der Waals surface area contributed by atoms with Crippen molar-refractivity contribution < 1.29 is 19.9 Å². The largest absolute Gasteiger partial charge is 0.394 e. The van der Waals surface area contributed by atoms with E-state index in [2.05, 4.69) is 10.6 Å². The summed E-state index contributed by atoms with van der Waals surface area (Å²) in [4.78, 5) is 21.3. The quantitative estimate of drug-likeness (QED) is 0.441. The molecule has 0 spiro atoms. The molecular formula is C12H17N3O5. The van der Waals surface area contributed by atoms with Gasteiger partial charge in [-0.3, -0.25) is 10.1 Å². The van der Waals surface area contributed by atoms with Gasteiger partial charge in [-0.2, -0.15) is 0 Å². The van der Waals surface area contributed by atoms with Crippen LogP contribution in [0.25, 0.3) is 0 Å². The Morgan fingerprint density at radius 3 is 2.45 bits per heavy atom. The van der Waals surface area contributed by atoms with Gasteiger partial charge in [0.1, 0.15) is 6.10 Å². The first-order valence-electron chi connectivity index (χ1n) is 6.07. The fourth-order valence-corrected chi connectivity index (χ4v) is 1.63. The van der Waals surface area contributed by atoms with E-state index in [4.69, 9.17) is 0 Å². The van der Waals surface area contributed by atoms with E-state index in [-0.39, 0.29) is 5.69 Å². The lowest BCUT2D eigenvalue weighted by atomic mass is 10.0. The molecule has 20 heavy (non-hydrogen) atoms. The lowest BCUT2D eigenvalue weighted by Crippen LogP contribution is -2.46. The third kappa shape index (κ3) is 4.18. The fourth-order valence-electron chi connectivity index (χ4n) is 1.63. The second-order valence-corrected chi connectivity index (χ2v) is 4.09. The number of nitro benzene ring substituents is 1. The van der Waals surface area contributed by atoms with Crippen LogP contribution >= 0.6 is 0 Å². The molecule has 0 saturated carbocycles. The number of non-ortho nitro benzene ring substituents is 1. The summed E-state index contributed by atoms with van der Waals surface area (Å²) in [6, 6.07) is 3.85. The highest BCUT2D eigenvalue weighted by Crippen LogP contribution is 2.20. The molecule has 110 valence electrons. The van der Waals surface area contributed by atoms with E-state index in [1.807, 2.05) is 0 Å². The molecule has 0 fully saturated rings. The van der Waals surface area contributed by atoms with Crippen LogP contribution in [0.5, 0.6) is 0 Å². The van der Waals surface area contributed by atoms with E-state index in [9.17, 15) is 25.1 Å². The Morgan fingerprint density at radius 2 is 2.00 bits per heavy atom. The van der Waals surface area contributed by atoms with Gasteiger partial charge in [-0.15, -0.1) is 0 Å². The van der Waals surface area contributed by atoms with Crippen molar-refractivity contribution in [1.29, 1.82) is 0 Å². The Morgan fingerprint density at radius 1 is 1.40 bits per heavy atom. The molecular weight excluding hydrogens is 266 g/mol. The number of nitrogens with zero attached hydrogens (tertiary/aromatic N) is 1. The average molecular weight is 283 g/mol. The first-order chi connectivity index (χ1) is 9.49. The van der Waals surface area contributed by atoms with Gasteiger partial charge in [0, 0.05) is 18.7 Å². The van der Waals surface area contributed by atoms with E-state index in [1.165, 1.54) is 24.3 Å². The van der Waals surface area contributed by atoms with Gasteiger partial charge in [0.15, 0.2) is 0 Å². The summed E-state index contributed by atoms with van der Waals surface area (Å²) in [5.41, 5.74) is 0.268. The number of urea groups is 1. The maximum atomic E-state index is 11.4. The van der Waals surface area contributed by atoms with E-state index in [0.29, 0.717) is 12.1 Å². The average Bonchev–Trinajstić information content (AvgIpc) is 2.44. The molecule has 2 amide bonds. The Hall–Kier alpha value is -2.19. The molecule has 1 aromatic carbocycles. The van der Waals surface area contributed by atoms with Crippen LogP contribution in [-0.2, 0) is 0 Å². The number of amides is 2. The minimum absolute atomic E-state index is 0.0989. The number of hydrogen-bond acceptors (Lipinski definition) is 5. The number of benzene rings is 1. The van der Waals surface area contributed by atoms with Gasteiger partial charge >= 0.3 is 6.03 Å². The van der Waals surface area contributed by atoms with Gasteiger partial charge in [0.05, 0.1) is 17.6 Å². The van der Waals surface area contributed by atoms with Crippen LogP contribution in [0.3, 0.4) is 0 Å². The van der Waals surface area contributed by atoms with Gasteiger partial charge in [0.2, 0.25) is 0 Å². The first-order valence-corrected chi connectivity index (χ1v) is 6.07. The van der Waals surface area contributed by atoms with Crippen molar-refractivity contribution in [3.63, 3.8) is 0 Å². The van der Waals surface area contributed by atoms with Crippen LogP contribution in [0.4, 0.5) is 10.5 Å². The molecule has 0 aromatic heterocycles. The molecule has 1 rings (SSSR count). The number of carbonyl (C=O) groups is 1. The standard InChI is InChI=1S/C12H17N3O5/c1-2-13-12(18)14-10(7-16)11(17)8-3-5-9(6-4-8)15(19)20/h3-6,10-11,16-17H,2,7H2,1H3,(H2,13,14,18). The van der Waals surface area contributed by atoms with Crippen molar-refractivity contribution in [3.8, 4) is 0 Å². The number of carbonyl (C=O) groups excluding carboxylic acids is 1. The third-order valence-corrected chi connectivity index (χ3v) is 2.68. The second-order valence-electron chi connectivity index (χ2n) is 4.09. The monoisotopic (exact) mass is 283 g/mol. The van der Waals surface area contributed by atoms with Gasteiger partial charge in [-0.25, -0.2) is 4.79 Å². The molecule has 0 heterocycles. The van der Waals surface area contributed by atoms with Gasteiger partial charge in [0.25, 0.3) is 5.69 Å². The van der Waals surface area contributed by atoms with E-state index in [1.54, 1.807) is 6.92 Å². The van der Waals surface area contributed by atoms with Crippen molar-refractivity contribution >= 4 is 11.7 Å². The van der Waals surface area contributed by atoms with Crippen molar-refractivity contribution in [2.24, 2.45) is 0 Å². The molecule has 1 aromatic rings. The van der Waals surface area contributed by atoms with Crippen LogP contribution in [0.15, 0.2) is 24.3 Å². The smallest absolute Gasteiger partial charge is 0.315 e. The summed E-state index contributed by atoms with van der Waals surface area (Å²) in [6.45, 7) is 1.69. The molecule has 8 heteroatoms. The van der Waals surface area contributed by atoms with Crippen LogP contribution in [0, 0.1) is 10.1 Å². The SMILES string of the molecule is CCNC(=O)NC(CO)C(O)c1ccc([N+](=O)[O-])cc1. The zero-order valence-electron chi connectivity index (χ0n) is 10.9. The van der Waals surface area contributed by atoms with Gasteiger partial charge in [-0.05, 0) is 24.6 Å². The van der Waals surface area contributed by atoms with Crippen molar-refractivity contribution in [2.75, 3.05) is 13.2 Å². The number of hydrogen-bond donors (Lipinski definition) is 4. The van der Waals surface area contributed by atoms with Crippen molar-refractivity contribution in [3.05, 3.63) is 39.9 Å². The highest BCUT2D eigenvalue weighted by molar-refractivity contribution is 5.74. The summed E-state index contributed by atoms with van der Waals surface area (Å²) in [5, 5.41) is 34.7. The maximum Gasteiger partial charge on any atom is 0.315 e. The Bertz CT molecular complexity index is 463. The number of aliphatic hydroxyl groups is 2. The maximum absolute atomic E-state index is 11.4. The molecule has 0 saturated heterocycles. The highest BCUT2D eigenvalue weighted by Gasteiger charge is 2.22. The van der Waals surface area contributed by atoms with Crippen LogP contribution in [0.1, 0.15) is 18.6 Å². The topological polar surface area (TPSA) is 125 Å². The predicted molar refractivity (Wildman–Crippen MR) is 71.1 cm³/mol. The molecule has 0 aliphatic carbocycles. The van der Waals surface area contributed by atoms with E-state index in [0.717, 1.165) is 0 Å². The van der Waals surface area contributed by atoms with Gasteiger partial charge in [-0.1, -0.05) is 0 Å². The molecule has 2 unspecified atom stereocenters. The molecule has 0 bridgehead atoms. The van der Waals surface area contributed by atoms with Crippen LogP contribution in [0.2, 0.25) is 0 Å². The Labute approximate surface area is 115 Å². The Kier molecular flexibility index (Phi) is 5.88. The number of nitro groups is 1. The highest BCUT2D eigenvalue weighted by atomic mass is 16.6. The lowest BCUT2D eigenvalue weighted by Gasteiger charge is -2.22. The lowest BCUT2D eigenvalue weighted by molar-refractivity contribution is -0.384. The zero-order valence-corrected chi connectivity index (χ0v) is 10.9. The molecule has 2 atom stereocenters. The van der Waals surface area contributed by atoms with Crippen molar-refractivity contribution in [2.45, 2.75) is 19.1 Å². The summed E-state index contributed by atoms with van der Waals surface area (Å²) in [6.07, 6.45) is -1.16. The van der Waals surface area contributed by atoms with Gasteiger partial charge < -0.3 is 20.8 Å². The number of rotatable bonds is 6. The summed E-state index contributed by atoms with van der Waals surface area (Å²) in [5.74, 6) is 0. The summed E-state index contributed by atoms with van der Waals surface area (Å²) < 4.78 is 0. The zero-order chi connectivity index (χ0) is 15.1. The Balaban J connectivity index is 2.77. The van der Waals surface area contributed by atoms with Crippen molar-refractivity contribution in [1.82, 2.24) is 10.6 Å². The van der Waals surface area contributed by atoms with Crippen LogP contribution in [-0.4, -0.2) is 40.4 Å². The van der Waals surface area contributed by atoms with E-state index < -0.39 is 29.7 Å². The summed E-state index contributed by atoms with van der Waals surface area (Å²) >= 11 is 0. The van der Waals surface area contributed by atoms with Crippen LogP contribution < -0.4 is 10.6 Å². The predicted octanol–water partition coefficient (Wildman–Crippen LogP) is 0.308. The van der Waals surface area contributed by atoms with E-state index >= 15 is 0 Å². The first kappa shape index (κ1) is 15.9. The molecule has 0 radical (unpaired) electrons. The molecule has 0 aliphatic heterocycles. The molecule has 0 aliphatic rings. The number of aliphatic hydroxyl groups excluding tert-OH is 2.